The van der Waals surface area contributed by atoms with Crippen molar-refractivity contribution in [2.75, 3.05) is 5.73 Å². The van der Waals surface area contributed by atoms with Crippen molar-refractivity contribution in [2.45, 2.75) is 26.4 Å². The highest BCUT2D eigenvalue weighted by atomic mass is 19.3. The van der Waals surface area contributed by atoms with Gasteiger partial charge in [-0.1, -0.05) is 26.0 Å². The average molecular weight is 252 g/mol. The van der Waals surface area contributed by atoms with Crippen molar-refractivity contribution in [1.82, 2.24) is 4.98 Å². The number of pyridine rings is 1. The van der Waals surface area contributed by atoms with Gasteiger partial charge in [-0.15, -0.1) is 0 Å². The number of nitrogens with zero attached hydrogens (tertiary/aromatic N) is 1. The van der Waals surface area contributed by atoms with Crippen molar-refractivity contribution < 1.29 is 13.5 Å². The fourth-order valence-corrected chi connectivity index (χ4v) is 1.76. The minimum absolute atomic E-state index is 0.0525. The number of anilines is 1. The maximum atomic E-state index is 12.3. The normalized spacial score (nSPS) is 11.4. The van der Waals surface area contributed by atoms with Crippen molar-refractivity contribution in [1.29, 1.82) is 0 Å². The molecule has 0 saturated heterocycles. The Morgan fingerprint density at radius 2 is 2.00 bits per heavy atom. The molecule has 0 aliphatic heterocycles. The number of ether oxygens (including phenoxy) is 1. The highest BCUT2D eigenvalue weighted by Crippen LogP contribution is 2.31. The van der Waals surface area contributed by atoms with Crippen LogP contribution < -0.4 is 10.5 Å². The summed E-state index contributed by atoms with van der Waals surface area (Å²) in [6.07, 6.45) is 0. The Balaban J connectivity index is 2.65. The van der Waals surface area contributed by atoms with Crippen LogP contribution in [0.3, 0.4) is 0 Å². The van der Waals surface area contributed by atoms with Gasteiger partial charge in [0.25, 0.3) is 0 Å². The van der Waals surface area contributed by atoms with E-state index in [-0.39, 0.29) is 11.7 Å². The van der Waals surface area contributed by atoms with Crippen LogP contribution in [0.1, 0.15) is 25.5 Å². The molecule has 0 amide bonds. The first-order valence-electron chi connectivity index (χ1n) is 5.63. The summed E-state index contributed by atoms with van der Waals surface area (Å²) >= 11 is 0. The van der Waals surface area contributed by atoms with Gasteiger partial charge in [0.15, 0.2) is 5.75 Å². The van der Waals surface area contributed by atoms with Crippen molar-refractivity contribution in [3.05, 3.63) is 30.0 Å². The van der Waals surface area contributed by atoms with E-state index < -0.39 is 6.61 Å². The molecule has 0 saturated carbocycles. The summed E-state index contributed by atoms with van der Waals surface area (Å²) in [6, 6.07) is 6.58. The van der Waals surface area contributed by atoms with Crippen LogP contribution in [-0.4, -0.2) is 11.6 Å². The lowest BCUT2D eigenvalue weighted by Gasteiger charge is -2.12. The summed E-state index contributed by atoms with van der Waals surface area (Å²) in [5.74, 6) is 0.216. The second kappa shape index (κ2) is 4.76. The number of aromatic nitrogens is 1. The lowest BCUT2D eigenvalue weighted by molar-refractivity contribution is -0.0489. The topological polar surface area (TPSA) is 48.1 Å². The lowest BCUT2D eigenvalue weighted by atomic mass is 10.1. The molecule has 2 rings (SSSR count). The van der Waals surface area contributed by atoms with E-state index in [1.165, 1.54) is 6.07 Å². The zero-order chi connectivity index (χ0) is 13.3. The van der Waals surface area contributed by atoms with Crippen molar-refractivity contribution in [3.63, 3.8) is 0 Å². The molecule has 0 radical (unpaired) electrons. The van der Waals surface area contributed by atoms with Crippen LogP contribution in [0.15, 0.2) is 24.3 Å². The Hall–Kier alpha value is -1.91. The third-order valence-electron chi connectivity index (χ3n) is 2.66. The van der Waals surface area contributed by atoms with Crippen LogP contribution in [-0.2, 0) is 0 Å². The number of alkyl halides is 2. The van der Waals surface area contributed by atoms with E-state index in [4.69, 9.17) is 5.73 Å². The van der Waals surface area contributed by atoms with E-state index in [1.807, 2.05) is 13.8 Å². The minimum Gasteiger partial charge on any atom is -0.432 e. The minimum atomic E-state index is -2.87. The van der Waals surface area contributed by atoms with Crippen LogP contribution in [0.4, 0.5) is 14.5 Å². The van der Waals surface area contributed by atoms with Gasteiger partial charge in [-0.3, -0.25) is 0 Å². The van der Waals surface area contributed by atoms with Gasteiger partial charge in [-0.2, -0.15) is 8.78 Å². The van der Waals surface area contributed by atoms with Gasteiger partial charge in [-0.25, -0.2) is 4.98 Å². The number of nitrogens with two attached hydrogens (primary N) is 1. The number of nitrogen functional groups attached to an aromatic ring is 1. The number of hydrogen-bond acceptors (Lipinski definition) is 3. The SMILES string of the molecule is CC(C)c1cc(N)c2cccc(OC(F)F)c2n1. The maximum absolute atomic E-state index is 12.3. The number of para-hydroxylation sites is 1. The van der Waals surface area contributed by atoms with Gasteiger partial charge in [0.05, 0.1) is 0 Å². The number of benzene rings is 1. The second-order valence-electron chi connectivity index (χ2n) is 4.32. The molecular weight excluding hydrogens is 238 g/mol. The largest absolute Gasteiger partial charge is 0.432 e. The van der Waals surface area contributed by atoms with Crippen molar-refractivity contribution in [2.24, 2.45) is 0 Å². The summed E-state index contributed by atoms with van der Waals surface area (Å²) in [5, 5.41) is 0.623. The van der Waals surface area contributed by atoms with Gasteiger partial charge in [0, 0.05) is 16.8 Å². The summed E-state index contributed by atoms with van der Waals surface area (Å²) in [5.41, 5.74) is 7.56. The van der Waals surface area contributed by atoms with Gasteiger partial charge >= 0.3 is 6.61 Å². The molecule has 0 aliphatic rings. The second-order valence-corrected chi connectivity index (χ2v) is 4.32. The molecule has 2 N–H and O–H groups in total. The zero-order valence-corrected chi connectivity index (χ0v) is 10.2. The fraction of sp³-hybridized carbons (Fsp3) is 0.308. The molecule has 0 aliphatic carbocycles. The highest BCUT2D eigenvalue weighted by molar-refractivity contribution is 5.94. The van der Waals surface area contributed by atoms with E-state index in [2.05, 4.69) is 9.72 Å². The van der Waals surface area contributed by atoms with Crippen LogP contribution in [0, 0.1) is 0 Å². The molecule has 0 bridgehead atoms. The Morgan fingerprint density at radius 3 is 2.61 bits per heavy atom. The summed E-state index contributed by atoms with van der Waals surface area (Å²) < 4.78 is 29.1. The third kappa shape index (κ3) is 2.34. The number of fused-ring (bicyclic) bond motifs is 1. The molecule has 5 heteroatoms. The molecular formula is C13H14F2N2O. The molecule has 0 atom stereocenters. The molecule has 18 heavy (non-hydrogen) atoms. The molecule has 1 aromatic heterocycles. The summed E-state index contributed by atoms with van der Waals surface area (Å²) in [7, 11) is 0. The molecule has 1 aromatic carbocycles. The van der Waals surface area contributed by atoms with E-state index in [9.17, 15) is 8.78 Å². The Bertz CT molecular complexity index is 570. The molecule has 96 valence electrons. The van der Waals surface area contributed by atoms with E-state index >= 15 is 0 Å². The van der Waals surface area contributed by atoms with Gasteiger partial charge < -0.3 is 10.5 Å². The summed E-state index contributed by atoms with van der Waals surface area (Å²) in [6.45, 7) is 1.05. The number of rotatable bonds is 3. The Morgan fingerprint density at radius 1 is 1.28 bits per heavy atom. The monoisotopic (exact) mass is 252 g/mol. The number of halogens is 2. The smallest absolute Gasteiger partial charge is 0.387 e. The quantitative estimate of drug-likeness (QED) is 0.908. The van der Waals surface area contributed by atoms with Crippen molar-refractivity contribution in [3.8, 4) is 5.75 Å². The Kier molecular flexibility index (Phi) is 3.32. The standard InChI is InChI=1S/C13H14F2N2O/c1-7(2)10-6-9(16)8-4-3-5-11(12(8)17-10)18-13(14)15/h3-7,13H,1-2H3,(H2,16,17). The predicted octanol–water partition coefficient (Wildman–Crippen LogP) is 3.54. The first-order valence-corrected chi connectivity index (χ1v) is 5.63. The van der Waals surface area contributed by atoms with E-state index in [1.54, 1.807) is 18.2 Å². The lowest BCUT2D eigenvalue weighted by Crippen LogP contribution is -2.04. The molecule has 2 aromatic rings. The average Bonchev–Trinajstić information content (AvgIpc) is 2.29. The van der Waals surface area contributed by atoms with E-state index in [0.717, 1.165) is 5.69 Å². The molecule has 0 spiro atoms. The maximum Gasteiger partial charge on any atom is 0.387 e. The number of hydrogen-bond donors (Lipinski definition) is 1. The summed E-state index contributed by atoms with van der Waals surface area (Å²) in [4.78, 5) is 4.35. The Labute approximate surface area is 104 Å². The van der Waals surface area contributed by atoms with Gasteiger partial charge in [0.1, 0.15) is 5.52 Å². The molecule has 0 fully saturated rings. The third-order valence-corrected chi connectivity index (χ3v) is 2.66. The van der Waals surface area contributed by atoms with Gasteiger partial charge in [-0.05, 0) is 18.1 Å². The molecule has 1 heterocycles. The molecule has 0 unspecified atom stereocenters. The van der Waals surface area contributed by atoms with Crippen LogP contribution in [0.2, 0.25) is 0 Å². The fourth-order valence-electron chi connectivity index (χ4n) is 1.76. The van der Waals surface area contributed by atoms with Crippen molar-refractivity contribution >= 4 is 16.6 Å². The first kappa shape index (κ1) is 12.5. The predicted molar refractivity (Wildman–Crippen MR) is 66.9 cm³/mol. The van der Waals surface area contributed by atoms with Crippen LogP contribution >= 0.6 is 0 Å². The first-order chi connectivity index (χ1) is 8.49. The molecule has 3 nitrogen and oxygen atoms in total. The highest BCUT2D eigenvalue weighted by Gasteiger charge is 2.13. The van der Waals surface area contributed by atoms with Crippen LogP contribution in [0.5, 0.6) is 5.75 Å². The zero-order valence-electron chi connectivity index (χ0n) is 10.2. The van der Waals surface area contributed by atoms with Crippen LogP contribution in [0.25, 0.3) is 10.9 Å². The van der Waals surface area contributed by atoms with E-state index in [0.29, 0.717) is 16.6 Å². The van der Waals surface area contributed by atoms with Gasteiger partial charge in [0.2, 0.25) is 0 Å².